The topological polar surface area (TPSA) is 20.7 Å². The Morgan fingerprint density at radius 3 is 2.32 bits per heavy atom. The average Bonchev–Trinajstić information content (AvgIpc) is 3.12. The van der Waals surface area contributed by atoms with E-state index in [4.69, 9.17) is 12.2 Å². The molecule has 2 nitrogen and oxygen atoms in total. The highest BCUT2D eigenvalue weighted by atomic mass is 32.1. The fraction of sp³-hybridized carbons (Fsp3) is 0.308. The van der Waals surface area contributed by atoms with Gasteiger partial charge in [-0.25, -0.2) is 4.68 Å². The van der Waals surface area contributed by atoms with Crippen molar-refractivity contribution in [2.45, 2.75) is 24.9 Å². The summed E-state index contributed by atoms with van der Waals surface area (Å²) in [6.07, 6.45) is -2.03. The molecule has 0 amide bonds. The van der Waals surface area contributed by atoms with Crippen LogP contribution in [-0.2, 0) is 6.18 Å². The van der Waals surface area contributed by atoms with Crippen LogP contribution in [0.1, 0.15) is 30.0 Å². The van der Waals surface area contributed by atoms with Gasteiger partial charge in [-0.05, 0) is 43.2 Å². The smallest absolute Gasteiger partial charge is 0.297 e. The van der Waals surface area contributed by atoms with Gasteiger partial charge in [0.1, 0.15) is 4.64 Å². The van der Waals surface area contributed by atoms with Gasteiger partial charge >= 0.3 is 6.18 Å². The van der Waals surface area contributed by atoms with Gasteiger partial charge in [-0.3, -0.25) is 5.10 Å². The monoisotopic (exact) mass is 284 g/mol. The number of aromatic nitrogens is 2. The van der Waals surface area contributed by atoms with E-state index in [1.807, 2.05) is 6.07 Å². The number of hydrogen-bond donors (Lipinski definition) is 1. The average molecular weight is 284 g/mol. The first-order valence-corrected chi connectivity index (χ1v) is 6.35. The van der Waals surface area contributed by atoms with Crippen molar-refractivity contribution in [1.29, 1.82) is 0 Å². The van der Waals surface area contributed by atoms with E-state index in [1.54, 1.807) is 4.68 Å². The predicted molar refractivity (Wildman–Crippen MR) is 67.9 cm³/mol. The summed E-state index contributed by atoms with van der Waals surface area (Å²) < 4.78 is 39.7. The van der Waals surface area contributed by atoms with Crippen molar-refractivity contribution in [1.82, 2.24) is 9.78 Å². The van der Waals surface area contributed by atoms with Crippen molar-refractivity contribution in [2.24, 2.45) is 0 Å². The highest BCUT2D eigenvalue weighted by molar-refractivity contribution is 7.71. The molecule has 2 aromatic rings. The van der Waals surface area contributed by atoms with Gasteiger partial charge in [0.05, 0.1) is 11.3 Å². The molecule has 1 aliphatic rings. The summed E-state index contributed by atoms with van der Waals surface area (Å²) >= 11 is 5.22. The molecular formula is C13H11F3N2S. The molecule has 1 aliphatic carbocycles. The Labute approximate surface area is 112 Å². The zero-order chi connectivity index (χ0) is 13.6. The van der Waals surface area contributed by atoms with Gasteiger partial charge in [0, 0.05) is 11.6 Å². The molecule has 3 rings (SSSR count). The van der Waals surface area contributed by atoms with Crippen LogP contribution in [0.25, 0.3) is 5.69 Å². The van der Waals surface area contributed by atoms with Gasteiger partial charge in [0.2, 0.25) is 0 Å². The second-order valence-corrected chi connectivity index (χ2v) is 5.12. The third kappa shape index (κ3) is 2.45. The number of halogens is 3. The molecule has 1 aromatic heterocycles. The lowest BCUT2D eigenvalue weighted by atomic mass is 10.2. The van der Waals surface area contributed by atoms with E-state index >= 15 is 0 Å². The second-order valence-electron chi connectivity index (χ2n) is 4.70. The normalized spacial score (nSPS) is 15.7. The van der Waals surface area contributed by atoms with Gasteiger partial charge in [0.25, 0.3) is 0 Å². The lowest BCUT2D eigenvalue weighted by Crippen LogP contribution is -2.05. The van der Waals surface area contributed by atoms with E-state index < -0.39 is 11.7 Å². The molecule has 1 fully saturated rings. The SMILES string of the molecule is FC(F)(F)c1ccc(-n2[nH]c(C3CC3)cc2=S)cc1. The van der Waals surface area contributed by atoms with Crippen LogP contribution in [0.3, 0.4) is 0 Å². The van der Waals surface area contributed by atoms with Crippen LogP contribution < -0.4 is 0 Å². The lowest BCUT2D eigenvalue weighted by molar-refractivity contribution is -0.137. The first-order chi connectivity index (χ1) is 8.95. The molecule has 1 heterocycles. The van der Waals surface area contributed by atoms with Gasteiger partial charge in [0.15, 0.2) is 0 Å². The Morgan fingerprint density at radius 1 is 1.16 bits per heavy atom. The second kappa shape index (κ2) is 4.23. The van der Waals surface area contributed by atoms with E-state index in [0.29, 0.717) is 16.2 Å². The van der Waals surface area contributed by atoms with Crippen LogP contribution in [0.2, 0.25) is 0 Å². The Balaban J connectivity index is 1.96. The van der Waals surface area contributed by atoms with E-state index in [2.05, 4.69) is 5.10 Å². The largest absolute Gasteiger partial charge is 0.416 e. The van der Waals surface area contributed by atoms with Crippen molar-refractivity contribution >= 4 is 12.2 Å². The predicted octanol–water partition coefficient (Wildman–Crippen LogP) is 4.43. The maximum Gasteiger partial charge on any atom is 0.416 e. The maximum atomic E-state index is 12.5. The van der Waals surface area contributed by atoms with Gasteiger partial charge in [-0.15, -0.1) is 0 Å². The lowest BCUT2D eigenvalue weighted by Gasteiger charge is -2.08. The fourth-order valence-corrected chi connectivity index (χ4v) is 2.29. The van der Waals surface area contributed by atoms with Crippen LogP contribution in [-0.4, -0.2) is 9.78 Å². The highest BCUT2D eigenvalue weighted by Crippen LogP contribution is 2.39. The van der Waals surface area contributed by atoms with E-state index in [-0.39, 0.29) is 0 Å². The zero-order valence-electron chi connectivity index (χ0n) is 9.87. The number of nitrogens with zero attached hydrogens (tertiary/aromatic N) is 1. The summed E-state index contributed by atoms with van der Waals surface area (Å²) in [5, 5.41) is 3.15. The number of rotatable bonds is 2. The summed E-state index contributed by atoms with van der Waals surface area (Å²) in [5.74, 6) is 0.525. The van der Waals surface area contributed by atoms with E-state index in [9.17, 15) is 13.2 Å². The fourth-order valence-electron chi connectivity index (χ4n) is 2.01. The van der Waals surface area contributed by atoms with E-state index in [0.717, 1.165) is 30.7 Å². The third-order valence-corrected chi connectivity index (χ3v) is 3.51. The Bertz CT molecular complexity index is 648. The molecular weight excluding hydrogens is 273 g/mol. The van der Waals surface area contributed by atoms with Crippen LogP contribution in [0.5, 0.6) is 0 Å². The van der Waals surface area contributed by atoms with Gasteiger partial charge in [-0.2, -0.15) is 13.2 Å². The highest BCUT2D eigenvalue weighted by Gasteiger charge is 2.30. The molecule has 0 aliphatic heterocycles. The number of aromatic amines is 1. The minimum Gasteiger partial charge on any atom is -0.297 e. The molecule has 1 saturated carbocycles. The standard InChI is InChI=1S/C13H11F3N2S/c14-13(15,16)9-3-5-10(6-4-9)18-12(19)7-11(17-18)8-1-2-8/h3-8,17H,1-2H2. The Morgan fingerprint density at radius 2 is 1.79 bits per heavy atom. The van der Waals surface area contributed by atoms with Crippen LogP contribution in [0.4, 0.5) is 13.2 Å². The summed E-state index contributed by atoms with van der Waals surface area (Å²) in [6, 6.07) is 6.85. The van der Waals surface area contributed by atoms with Gasteiger partial charge < -0.3 is 0 Å². The van der Waals surface area contributed by atoms with Crippen molar-refractivity contribution in [3.63, 3.8) is 0 Å². The first-order valence-electron chi connectivity index (χ1n) is 5.95. The Kier molecular flexibility index (Phi) is 2.78. The van der Waals surface area contributed by atoms with Crippen LogP contribution >= 0.6 is 12.2 Å². The molecule has 100 valence electrons. The third-order valence-electron chi connectivity index (χ3n) is 3.21. The number of benzene rings is 1. The van der Waals surface area contributed by atoms with Crippen molar-refractivity contribution < 1.29 is 13.2 Å². The quantitative estimate of drug-likeness (QED) is 0.809. The van der Waals surface area contributed by atoms with Crippen LogP contribution in [0, 0.1) is 4.64 Å². The summed E-state index contributed by atoms with van der Waals surface area (Å²) in [4.78, 5) is 0. The minimum atomic E-state index is -4.31. The van der Waals surface area contributed by atoms with Crippen molar-refractivity contribution in [3.05, 3.63) is 46.2 Å². The van der Waals surface area contributed by atoms with Crippen LogP contribution in [0.15, 0.2) is 30.3 Å². The number of H-pyrrole nitrogens is 1. The number of hydrogen-bond acceptors (Lipinski definition) is 1. The Hall–Kier alpha value is -1.56. The number of nitrogens with one attached hydrogen (secondary N) is 1. The molecule has 0 atom stereocenters. The summed E-state index contributed by atoms with van der Waals surface area (Å²) in [5.41, 5.74) is 1.02. The van der Waals surface area contributed by atoms with E-state index in [1.165, 1.54) is 12.1 Å². The summed E-state index contributed by atoms with van der Waals surface area (Å²) in [6.45, 7) is 0. The maximum absolute atomic E-state index is 12.5. The molecule has 0 radical (unpaired) electrons. The molecule has 0 unspecified atom stereocenters. The van der Waals surface area contributed by atoms with Crippen molar-refractivity contribution in [2.75, 3.05) is 0 Å². The molecule has 0 spiro atoms. The molecule has 1 N–H and O–H groups in total. The summed E-state index contributed by atoms with van der Waals surface area (Å²) in [7, 11) is 0. The number of alkyl halides is 3. The molecule has 19 heavy (non-hydrogen) atoms. The first kappa shape index (κ1) is 12.5. The zero-order valence-corrected chi connectivity index (χ0v) is 10.7. The molecule has 0 bridgehead atoms. The van der Waals surface area contributed by atoms with Gasteiger partial charge in [-0.1, -0.05) is 12.2 Å². The minimum absolute atomic E-state index is 0.525. The molecule has 6 heteroatoms. The molecule has 1 aromatic carbocycles. The molecule has 0 saturated heterocycles. The van der Waals surface area contributed by atoms with Crippen molar-refractivity contribution in [3.8, 4) is 5.69 Å².